The molecule has 2 rings (SSSR count). The second-order valence-corrected chi connectivity index (χ2v) is 3.85. The first-order chi connectivity index (χ1) is 7.59. The van der Waals surface area contributed by atoms with Crippen molar-refractivity contribution in [3.63, 3.8) is 0 Å². The highest BCUT2D eigenvalue weighted by Crippen LogP contribution is 2.28. The molecule has 0 aliphatic carbocycles. The van der Waals surface area contributed by atoms with Crippen LogP contribution in [0.5, 0.6) is 0 Å². The van der Waals surface area contributed by atoms with Crippen molar-refractivity contribution >= 4 is 28.5 Å². The van der Waals surface area contributed by atoms with Crippen LogP contribution in [0.4, 0.5) is 4.39 Å². The molecule has 0 bridgehead atoms. The number of hydrogen-bond donors (Lipinski definition) is 2. The Morgan fingerprint density at radius 1 is 1.50 bits per heavy atom. The van der Waals surface area contributed by atoms with E-state index < -0.39 is 5.97 Å². The molecule has 1 heterocycles. The molecule has 0 amide bonds. The van der Waals surface area contributed by atoms with Crippen molar-refractivity contribution in [2.45, 2.75) is 12.8 Å². The Kier molecular flexibility index (Phi) is 2.83. The van der Waals surface area contributed by atoms with Gasteiger partial charge >= 0.3 is 5.97 Å². The number of nitrogens with one attached hydrogen (secondary N) is 1. The molecule has 5 heteroatoms. The van der Waals surface area contributed by atoms with Gasteiger partial charge in [-0.3, -0.25) is 4.79 Å². The first kappa shape index (κ1) is 11.0. The number of rotatable bonds is 3. The number of carbonyl (C=O) groups is 1. The van der Waals surface area contributed by atoms with Crippen LogP contribution in [0.2, 0.25) is 5.15 Å². The molecular formula is C11H9ClFNO2. The van der Waals surface area contributed by atoms with Gasteiger partial charge in [-0.25, -0.2) is 4.39 Å². The Balaban J connectivity index is 2.48. The van der Waals surface area contributed by atoms with E-state index in [-0.39, 0.29) is 18.7 Å². The Morgan fingerprint density at radius 2 is 2.25 bits per heavy atom. The average Bonchev–Trinajstić information content (AvgIpc) is 2.53. The Labute approximate surface area is 95.8 Å². The molecule has 0 aliphatic heterocycles. The first-order valence-corrected chi connectivity index (χ1v) is 5.13. The summed E-state index contributed by atoms with van der Waals surface area (Å²) in [5, 5.41) is 9.55. The van der Waals surface area contributed by atoms with E-state index in [1.165, 1.54) is 6.07 Å². The van der Waals surface area contributed by atoms with Gasteiger partial charge in [0.1, 0.15) is 11.0 Å². The van der Waals surface area contributed by atoms with E-state index in [1.54, 1.807) is 12.1 Å². The maximum absolute atomic E-state index is 13.4. The summed E-state index contributed by atoms with van der Waals surface area (Å²) in [6.07, 6.45) is 0.265. The third kappa shape index (κ3) is 1.88. The smallest absolute Gasteiger partial charge is 0.303 e. The molecule has 3 nitrogen and oxygen atoms in total. The molecule has 0 fully saturated rings. The van der Waals surface area contributed by atoms with Gasteiger partial charge in [0.05, 0.1) is 5.52 Å². The molecular weight excluding hydrogens is 233 g/mol. The number of aromatic amines is 1. The molecule has 84 valence electrons. The van der Waals surface area contributed by atoms with Crippen LogP contribution in [0.3, 0.4) is 0 Å². The molecule has 1 aromatic heterocycles. The monoisotopic (exact) mass is 241 g/mol. The summed E-state index contributed by atoms with van der Waals surface area (Å²) in [6, 6.07) is 4.63. The van der Waals surface area contributed by atoms with Crippen molar-refractivity contribution < 1.29 is 14.3 Å². The van der Waals surface area contributed by atoms with Gasteiger partial charge < -0.3 is 10.1 Å². The van der Waals surface area contributed by atoms with Gasteiger partial charge in [0.25, 0.3) is 0 Å². The predicted octanol–water partition coefficient (Wildman–Crippen LogP) is 2.98. The van der Waals surface area contributed by atoms with E-state index in [4.69, 9.17) is 16.7 Å². The van der Waals surface area contributed by atoms with Crippen LogP contribution >= 0.6 is 11.6 Å². The number of carboxylic acids is 1. The lowest BCUT2D eigenvalue weighted by molar-refractivity contribution is -0.136. The number of halogens is 2. The summed E-state index contributed by atoms with van der Waals surface area (Å²) >= 11 is 5.91. The molecule has 1 aromatic carbocycles. The fraction of sp³-hybridized carbons (Fsp3) is 0.182. The summed E-state index contributed by atoms with van der Waals surface area (Å²) in [7, 11) is 0. The van der Waals surface area contributed by atoms with Crippen LogP contribution in [-0.4, -0.2) is 16.1 Å². The molecule has 0 radical (unpaired) electrons. The maximum Gasteiger partial charge on any atom is 0.303 e. The van der Waals surface area contributed by atoms with Crippen LogP contribution in [-0.2, 0) is 11.2 Å². The molecule has 0 saturated carbocycles. The fourth-order valence-corrected chi connectivity index (χ4v) is 1.97. The standard InChI is InChI=1S/C11H9ClFNO2/c12-11-7(4-5-9(15)16)6-2-1-3-8(13)10(6)14-11/h1-3,14H,4-5H2,(H,15,16). The van der Waals surface area contributed by atoms with Gasteiger partial charge in [0, 0.05) is 11.8 Å². The predicted molar refractivity (Wildman–Crippen MR) is 59.2 cm³/mol. The number of aliphatic carboxylic acids is 1. The van der Waals surface area contributed by atoms with E-state index in [1.807, 2.05) is 0 Å². The molecule has 0 saturated heterocycles. The van der Waals surface area contributed by atoms with Gasteiger partial charge in [0.15, 0.2) is 0 Å². The molecule has 0 atom stereocenters. The van der Waals surface area contributed by atoms with Gasteiger partial charge in [0.2, 0.25) is 0 Å². The average molecular weight is 242 g/mol. The van der Waals surface area contributed by atoms with Crippen LogP contribution in [0, 0.1) is 5.82 Å². The molecule has 0 spiro atoms. The van der Waals surface area contributed by atoms with Gasteiger partial charge in [-0.2, -0.15) is 0 Å². The largest absolute Gasteiger partial charge is 0.481 e. The zero-order chi connectivity index (χ0) is 11.7. The minimum Gasteiger partial charge on any atom is -0.481 e. The highest BCUT2D eigenvalue weighted by molar-refractivity contribution is 6.31. The van der Waals surface area contributed by atoms with E-state index in [0.717, 1.165) is 0 Å². The van der Waals surface area contributed by atoms with E-state index in [2.05, 4.69) is 4.98 Å². The van der Waals surface area contributed by atoms with Crippen LogP contribution in [0.1, 0.15) is 12.0 Å². The second kappa shape index (κ2) is 4.14. The number of aryl methyl sites for hydroxylation is 1. The van der Waals surface area contributed by atoms with Crippen molar-refractivity contribution in [3.05, 3.63) is 34.7 Å². The molecule has 16 heavy (non-hydrogen) atoms. The number of hydrogen-bond acceptors (Lipinski definition) is 1. The van der Waals surface area contributed by atoms with E-state index >= 15 is 0 Å². The third-order valence-corrected chi connectivity index (χ3v) is 2.75. The number of fused-ring (bicyclic) bond motifs is 1. The lowest BCUT2D eigenvalue weighted by Gasteiger charge is -1.97. The van der Waals surface area contributed by atoms with Crippen molar-refractivity contribution in [2.75, 3.05) is 0 Å². The minimum atomic E-state index is -0.901. The molecule has 2 N–H and O–H groups in total. The zero-order valence-electron chi connectivity index (χ0n) is 8.26. The van der Waals surface area contributed by atoms with Crippen molar-refractivity contribution in [3.8, 4) is 0 Å². The van der Waals surface area contributed by atoms with Crippen molar-refractivity contribution in [1.29, 1.82) is 0 Å². The third-order valence-electron chi connectivity index (χ3n) is 2.43. The Morgan fingerprint density at radius 3 is 2.94 bits per heavy atom. The summed E-state index contributed by atoms with van der Waals surface area (Å²) in [5.74, 6) is -1.29. The van der Waals surface area contributed by atoms with Crippen LogP contribution in [0.15, 0.2) is 18.2 Å². The fourth-order valence-electron chi connectivity index (χ4n) is 1.68. The van der Waals surface area contributed by atoms with E-state index in [0.29, 0.717) is 21.6 Å². The Hall–Kier alpha value is -1.55. The molecule has 2 aromatic rings. The quantitative estimate of drug-likeness (QED) is 0.868. The Bertz CT molecular complexity index is 550. The normalized spacial score (nSPS) is 10.9. The number of aromatic nitrogens is 1. The first-order valence-electron chi connectivity index (χ1n) is 4.76. The zero-order valence-corrected chi connectivity index (χ0v) is 9.01. The molecule has 0 aliphatic rings. The van der Waals surface area contributed by atoms with Crippen LogP contribution < -0.4 is 0 Å². The number of benzene rings is 1. The highest BCUT2D eigenvalue weighted by Gasteiger charge is 2.13. The molecule has 0 unspecified atom stereocenters. The minimum absolute atomic E-state index is 0.0246. The number of para-hydroxylation sites is 1. The van der Waals surface area contributed by atoms with Gasteiger partial charge in [-0.1, -0.05) is 23.7 Å². The van der Waals surface area contributed by atoms with Crippen LogP contribution in [0.25, 0.3) is 10.9 Å². The van der Waals surface area contributed by atoms with Gasteiger partial charge in [-0.15, -0.1) is 0 Å². The van der Waals surface area contributed by atoms with E-state index in [9.17, 15) is 9.18 Å². The lowest BCUT2D eigenvalue weighted by atomic mass is 10.1. The topological polar surface area (TPSA) is 53.1 Å². The maximum atomic E-state index is 13.4. The number of carboxylic acid groups (broad SMARTS) is 1. The summed E-state index contributed by atoms with van der Waals surface area (Å²) in [4.78, 5) is 13.2. The lowest BCUT2D eigenvalue weighted by Crippen LogP contribution is -1.97. The second-order valence-electron chi connectivity index (χ2n) is 3.47. The SMILES string of the molecule is O=C(O)CCc1c(Cl)[nH]c2c(F)cccc12. The number of H-pyrrole nitrogens is 1. The van der Waals surface area contributed by atoms with Gasteiger partial charge in [-0.05, 0) is 18.1 Å². The van der Waals surface area contributed by atoms with Crippen molar-refractivity contribution in [1.82, 2.24) is 4.98 Å². The summed E-state index contributed by atoms with van der Waals surface area (Å²) in [5.41, 5.74) is 0.978. The summed E-state index contributed by atoms with van der Waals surface area (Å²) < 4.78 is 13.4. The summed E-state index contributed by atoms with van der Waals surface area (Å²) in [6.45, 7) is 0. The highest BCUT2D eigenvalue weighted by atomic mass is 35.5. The van der Waals surface area contributed by atoms with Crippen molar-refractivity contribution in [2.24, 2.45) is 0 Å².